The van der Waals surface area contributed by atoms with Crippen LogP contribution in [0, 0.1) is 5.82 Å². The Morgan fingerprint density at radius 2 is 2.00 bits per heavy atom. The van der Waals surface area contributed by atoms with Crippen LogP contribution in [-0.2, 0) is 17.7 Å². The Bertz CT molecular complexity index is 1050. The predicted molar refractivity (Wildman–Crippen MR) is 112 cm³/mol. The van der Waals surface area contributed by atoms with Gasteiger partial charge in [-0.25, -0.2) is 12.9 Å². The van der Waals surface area contributed by atoms with Gasteiger partial charge in [0.05, 0.1) is 23.5 Å². The van der Waals surface area contributed by atoms with Crippen LogP contribution in [0.4, 0.5) is 18.9 Å². The Kier molecular flexibility index (Phi) is 6.88. The number of hydrogen-bond acceptors (Lipinski definition) is 6. The quantitative estimate of drug-likeness (QED) is 0.523. The minimum atomic E-state index is -2.85. The van der Waals surface area contributed by atoms with Gasteiger partial charge < -0.3 is 4.42 Å². The second kappa shape index (κ2) is 9.79. The number of benzene rings is 1. The molecule has 0 amide bonds. The average Bonchev–Trinajstić information content (AvgIpc) is 3.29. The molecule has 0 N–H and O–H groups in total. The third-order valence-electron chi connectivity index (χ3n) is 4.48. The number of alkyl halides is 2. The number of anilines is 1. The fraction of sp³-hybridized carbons (Fsp3) is 0.316. The standard InChI is InChI=1S/C19H18F3N5O2S2/c20-14-2-1-3-16(10-14)27(31(28)26-6-8-30-9-7-26)12-15-5-4-13(11-23-15)18-24-25-19(29-18)17(21)22/h1-5,10-11,17H,6-9,12H2. The van der Waals surface area contributed by atoms with Crippen LogP contribution in [0.5, 0.6) is 0 Å². The van der Waals surface area contributed by atoms with Gasteiger partial charge in [-0.15, -0.1) is 10.2 Å². The smallest absolute Gasteiger partial charge is 0.314 e. The van der Waals surface area contributed by atoms with E-state index in [1.54, 1.807) is 40.3 Å². The van der Waals surface area contributed by atoms with Crippen molar-refractivity contribution in [2.45, 2.75) is 13.0 Å². The van der Waals surface area contributed by atoms with Crippen molar-refractivity contribution < 1.29 is 21.8 Å². The van der Waals surface area contributed by atoms with E-state index in [2.05, 4.69) is 15.2 Å². The number of nitrogens with zero attached hydrogens (tertiary/aromatic N) is 5. The van der Waals surface area contributed by atoms with Crippen LogP contribution < -0.4 is 4.31 Å². The largest absolute Gasteiger partial charge is 0.415 e. The van der Waals surface area contributed by atoms with E-state index in [9.17, 15) is 17.4 Å². The molecule has 3 aromatic rings. The highest BCUT2D eigenvalue weighted by atomic mass is 32.2. The van der Waals surface area contributed by atoms with E-state index >= 15 is 0 Å². The van der Waals surface area contributed by atoms with Crippen molar-refractivity contribution in [3.8, 4) is 11.5 Å². The van der Waals surface area contributed by atoms with Crippen LogP contribution >= 0.6 is 11.8 Å². The fourth-order valence-electron chi connectivity index (χ4n) is 2.94. The predicted octanol–water partition coefficient (Wildman–Crippen LogP) is 3.84. The third kappa shape index (κ3) is 5.25. The van der Waals surface area contributed by atoms with Gasteiger partial charge in [-0.2, -0.15) is 20.5 Å². The summed E-state index contributed by atoms with van der Waals surface area (Å²) in [4.78, 5) is 4.32. The Balaban J connectivity index is 1.56. The first-order valence-electron chi connectivity index (χ1n) is 9.36. The first-order valence-corrected chi connectivity index (χ1v) is 11.6. The van der Waals surface area contributed by atoms with Gasteiger partial charge in [0.15, 0.2) is 11.2 Å². The summed E-state index contributed by atoms with van der Waals surface area (Å²) in [5, 5.41) is 6.90. The first kappa shape index (κ1) is 21.8. The Morgan fingerprint density at radius 3 is 2.65 bits per heavy atom. The van der Waals surface area contributed by atoms with Gasteiger partial charge in [0.2, 0.25) is 5.89 Å². The molecule has 1 aliphatic rings. The molecule has 7 nitrogen and oxygen atoms in total. The Morgan fingerprint density at radius 1 is 1.19 bits per heavy atom. The van der Waals surface area contributed by atoms with E-state index in [4.69, 9.17) is 4.42 Å². The normalized spacial score (nSPS) is 15.9. The Hall–Kier alpha value is -2.44. The van der Waals surface area contributed by atoms with Crippen molar-refractivity contribution in [1.29, 1.82) is 0 Å². The molecule has 2 aromatic heterocycles. The SMILES string of the molecule is O=S(N1CCSCC1)N(Cc1ccc(-c2nnc(C(F)F)o2)cn1)c1cccc(F)c1. The molecule has 4 rings (SSSR count). The van der Waals surface area contributed by atoms with E-state index in [1.807, 2.05) is 4.31 Å². The molecule has 1 unspecified atom stereocenters. The molecular weight excluding hydrogens is 451 g/mol. The molecule has 3 heterocycles. The second-order valence-electron chi connectivity index (χ2n) is 6.57. The van der Waals surface area contributed by atoms with Crippen LogP contribution in [0.1, 0.15) is 18.0 Å². The molecule has 0 aliphatic carbocycles. The molecule has 164 valence electrons. The van der Waals surface area contributed by atoms with Crippen molar-refractivity contribution in [1.82, 2.24) is 19.5 Å². The maximum Gasteiger partial charge on any atom is 0.314 e. The average molecular weight is 470 g/mol. The second-order valence-corrected chi connectivity index (χ2v) is 9.22. The monoisotopic (exact) mass is 469 g/mol. The van der Waals surface area contributed by atoms with Crippen molar-refractivity contribution in [2.75, 3.05) is 28.9 Å². The summed E-state index contributed by atoms with van der Waals surface area (Å²) in [5.74, 6) is 0.501. The summed E-state index contributed by atoms with van der Waals surface area (Å²) in [7, 11) is 0. The Labute approximate surface area is 183 Å². The summed E-state index contributed by atoms with van der Waals surface area (Å²) in [6.45, 7) is 1.49. The molecule has 12 heteroatoms. The fourth-order valence-corrected chi connectivity index (χ4v) is 5.39. The lowest BCUT2D eigenvalue weighted by Gasteiger charge is -2.32. The summed E-state index contributed by atoms with van der Waals surface area (Å²) in [6.07, 6.45) is -1.43. The minimum Gasteiger partial charge on any atom is -0.415 e. The lowest BCUT2D eigenvalue weighted by molar-refractivity contribution is 0.116. The molecule has 1 fully saturated rings. The van der Waals surface area contributed by atoms with E-state index in [1.165, 1.54) is 18.3 Å². The zero-order valence-corrected chi connectivity index (χ0v) is 17.8. The number of thioether (sulfide) groups is 1. The molecule has 0 spiro atoms. The molecule has 1 aliphatic heterocycles. The molecule has 1 atom stereocenters. The summed E-state index contributed by atoms with van der Waals surface area (Å²) in [5.41, 5.74) is 1.41. The number of pyridine rings is 1. The molecule has 0 saturated carbocycles. The molecule has 0 radical (unpaired) electrons. The topological polar surface area (TPSA) is 75.4 Å². The summed E-state index contributed by atoms with van der Waals surface area (Å²) >= 11 is 0.274. The molecule has 0 bridgehead atoms. The maximum absolute atomic E-state index is 13.8. The van der Waals surface area contributed by atoms with Gasteiger partial charge in [0.1, 0.15) is 5.82 Å². The molecular formula is C19H18F3N5O2S2. The number of halogens is 3. The van der Waals surface area contributed by atoms with Gasteiger partial charge in [-0.05, 0) is 30.3 Å². The van der Waals surface area contributed by atoms with Crippen molar-refractivity contribution in [3.63, 3.8) is 0 Å². The molecule has 31 heavy (non-hydrogen) atoms. The lowest BCUT2D eigenvalue weighted by atomic mass is 10.2. The van der Waals surface area contributed by atoms with Gasteiger partial charge in [0, 0.05) is 30.8 Å². The highest BCUT2D eigenvalue weighted by Crippen LogP contribution is 2.25. The van der Waals surface area contributed by atoms with Gasteiger partial charge in [0.25, 0.3) is 5.89 Å². The zero-order chi connectivity index (χ0) is 21.8. The summed E-state index contributed by atoms with van der Waals surface area (Å²) < 4.78 is 60.8. The molecule has 1 saturated heterocycles. The van der Waals surface area contributed by atoms with E-state index < -0.39 is 29.3 Å². The lowest BCUT2D eigenvalue weighted by Crippen LogP contribution is -2.42. The van der Waals surface area contributed by atoms with E-state index in [0.29, 0.717) is 30.0 Å². The number of rotatable bonds is 7. The summed E-state index contributed by atoms with van der Waals surface area (Å²) in [6, 6.07) is 9.17. The molecule has 1 aromatic carbocycles. The highest BCUT2D eigenvalue weighted by molar-refractivity contribution is 7.99. The van der Waals surface area contributed by atoms with Crippen LogP contribution in [-0.4, -0.2) is 48.3 Å². The van der Waals surface area contributed by atoms with Gasteiger partial charge in [-0.3, -0.25) is 9.29 Å². The van der Waals surface area contributed by atoms with Gasteiger partial charge >= 0.3 is 6.43 Å². The zero-order valence-electron chi connectivity index (χ0n) is 16.2. The first-order chi connectivity index (χ1) is 15.0. The van der Waals surface area contributed by atoms with Crippen LogP contribution in [0.3, 0.4) is 0 Å². The minimum absolute atomic E-state index is 0.0641. The maximum atomic E-state index is 13.8. The van der Waals surface area contributed by atoms with Crippen LogP contribution in [0.25, 0.3) is 11.5 Å². The van der Waals surface area contributed by atoms with Crippen molar-refractivity contribution in [2.24, 2.45) is 0 Å². The number of hydrogen-bond donors (Lipinski definition) is 0. The van der Waals surface area contributed by atoms with Crippen LogP contribution in [0.15, 0.2) is 47.0 Å². The van der Waals surface area contributed by atoms with Crippen molar-refractivity contribution in [3.05, 3.63) is 60.0 Å². The van der Waals surface area contributed by atoms with Crippen LogP contribution in [0.2, 0.25) is 0 Å². The van der Waals surface area contributed by atoms with Crippen molar-refractivity contribution >= 4 is 28.6 Å². The third-order valence-corrected chi connectivity index (χ3v) is 6.95. The van der Waals surface area contributed by atoms with E-state index in [-0.39, 0.29) is 12.4 Å². The highest BCUT2D eigenvalue weighted by Gasteiger charge is 2.25. The number of aromatic nitrogens is 3. The van der Waals surface area contributed by atoms with Gasteiger partial charge in [-0.1, -0.05) is 6.07 Å². The van der Waals surface area contributed by atoms with E-state index in [0.717, 1.165) is 11.5 Å².